The lowest BCUT2D eigenvalue weighted by atomic mass is 10.2. The van der Waals surface area contributed by atoms with Crippen LogP contribution in [0.1, 0.15) is 10.4 Å². The third-order valence-electron chi connectivity index (χ3n) is 2.35. The fraction of sp³-hybridized carbons (Fsp3) is 0.143. The smallest absolute Gasteiger partial charge is 0.339 e. The third-order valence-corrected chi connectivity index (χ3v) is 3.25. The van der Waals surface area contributed by atoms with Crippen molar-refractivity contribution in [2.75, 3.05) is 12.4 Å². The number of aromatic carboxylic acids is 1. The number of carboxylic acid groups (broad SMARTS) is 1. The van der Waals surface area contributed by atoms with Crippen molar-refractivity contribution in [2.45, 2.75) is 5.03 Å². The molecule has 2 rings (SSSR count). The van der Waals surface area contributed by atoms with Gasteiger partial charge < -0.3 is 9.84 Å². The maximum atomic E-state index is 11.0. The van der Waals surface area contributed by atoms with Gasteiger partial charge in [0.15, 0.2) is 0 Å². The molecule has 0 saturated heterocycles. The average molecular weight is 275 g/mol. The van der Waals surface area contributed by atoms with E-state index in [-0.39, 0.29) is 5.56 Å². The van der Waals surface area contributed by atoms with Gasteiger partial charge in [-0.1, -0.05) is 18.2 Å². The van der Waals surface area contributed by atoms with Gasteiger partial charge in [0.1, 0.15) is 11.3 Å². The average Bonchev–Trinajstić information content (AvgIpc) is 2.45. The first-order valence-electron chi connectivity index (χ1n) is 5.76. The Kier molecular flexibility index (Phi) is 4.80. The molecule has 0 spiro atoms. The highest BCUT2D eigenvalue weighted by atomic mass is 32.2. The normalized spacial score (nSPS) is 10.1. The van der Waals surface area contributed by atoms with Crippen LogP contribution < -0.4 is 4.74 Å². The number of para-hydroxylation sites is 1. The second kappa shape index (κ2) is 6.80. The maximum Gasteiger partial charge on any atom is 0.339 e. The number of carbonyl (C=O) groups is 1. The molecule has 0 aliphatic heterocycles. The Morgan fingerprint density at radius 3 is 2.74 bits per heavy atom. The van der Waals surface area contributed by atoms with Gasteiger partial charge in [0.2, 0.25) is 0 Å². The largest absolute Gasteiger partial charge is 0.492 e. The van der Waals surface area contributed by atoms with E-state index in [9.17, 15) is 4.79 Å². The van der Waals surface area contributed by atoms with Crippen molar-refractivity contribution < 1.29 is 14.6 Å². The summed E-state index contributed by atoms with van der Waals surface area (Å²) in [6.45, 7) is 0.436. The van der Waals surface area contributed by atoms with Crippen LogP contribution in [-0.2, 0) is 0 Å². The van der Waals surface area contributed by atoms with E-state index >= 15 is 0 Å². The molecule has 0 fully saturated rings. The van der Waals surface area contributed by atoms with Crippen molar-refractivity contribution in [1.82, 2.24) is 4.98 Å². The van der Waals surface area contributed by atoms with Crippen molar-refractivity contribution in [3.8, 4) is 5.75 Å². The number of aromatic nitrogens is 1. The molecular weight excluding hydrogens is 262 g/mol. The van der Waals surface area contributed by atoms with Gasteiger partial charge in [0.25, 0.3) is 0 Å². The number of benzene rings is 1. The summed E-state index contributed by atoms with van der Waals surface area (Å²) in [5.41, 5.74) is 0.185. The van der Waals surface area contributed by atoms with Crippen LogP contribution in [0, 0.1) is 0 Å². The van der Waals surface area contributed by atoms with E-state index in [1.54, 1.807) is 36.2 Å². The van der Waals surface area contributed by atoms with Crippen LogP contribution in [0.2, 0.25) is 0 Å². The monoisotopic (exact) mass is 275 g/mol. The minimum atomic E-state index is -0.979. The molecule has 19 heavy (non-hydrogen) atoms. The Balaban J connectivity index is 1.85. The fourth-order valence-corrected chi connectivity index (χ4v) is 2.19. The van der Waals surface area contributed by atoms with Crippen molar-refractivity contribution in [2.24, 2.45) is 0 Å². The molecule has 1 heterocycles. The molecule has 0 aliphatic carbocycles. The maximum absolute atomic E-state index is 11.0. The molecule has 0 radical (unpaired) electrons. The molecule has 2 aromatic rings. The summed E-state index contributed by atoms with van der Waals surface area (Å²) in [5.74, 6) is 0.134. The van der Waals surface area contributed by atoms with Gasteiger partial charge in [-0.15, -0.1) is 11.8 Å². The van der Waals surface area contributed by atoms with Gasteiger partial charge in [0, 0.05) is 11.9 Å². The number of ether oxygens (including phenoxy) is 1. The zero-order chi connectivity index (χ0) is 13.5. The summed E-state index contributed by atoms with van der Waals surface area (Å²) in [5, 5.41) is 9.93. The van der Waals surface area contributed by atoms with E-state index < -0.39 is 5.97 Å². The first kappa shape index (κ1) is 13.4. The third kappa shape index (κ3) is 3.99. The summed E-state index contributed by atoms with van der Waals surface area (Å²) in [7, 11) is 0. The lowest BCUT2D eigenvalue weighted by Crippen LogP contribution is -2.05. The van der Waals surface area contributed by atoms with Gasteiger partial charge in [-0.25, -0.2) is 9.78 Å². The number of pyridine rings is 1. The number of carboxylic acids is 1. The zero-order valence-electron chi connectivity index (χ0n) is 10.2. The van der Waals surface area contributed by atoms with Crippen LogP contribution in [-0.4, -0.2) is 28.4 Å². The molecule has 0 atom stereocenters. The second-order valence-corrected chi connectivity index (χ2v) is 4.78. The van der Waals surface area contributed by atoms with Crippen molar-refractivity contribution in [3.63, 3.8) is 0 Å². The van der Waals surface area contributed by atoms with Crippen LogP contribution in [0.15, 0.2) is 53.7 Å². The molecule has 0 saturated carbocycles. The fourth-order valence-electron chi connectivity index (χ4n) is 1.50. The Morgan fingerprint density at radius 1 is 1.21 bits per heavy atom. The first-order valence-corrected chi connectivity index (χ1v) is 6.75. The molecule has 4 nitrogen and oxygen atoms in total. The molecule has 0 aliphatic rings. The summed E-state index contributed by atoms with van der Waals surface area (Å²) < 4.78 is 5.49. The van der Waals surface area contributed by atoms with Crippen molar-refractivity contribution in [3.05, 3.63) is 54.2 Å². The topological polar surface area (TPSA) is 59.4 Å². The van der Waals surface area contributed by atoms with E-state index in [1.807, 2.05) is 18.2 Å². The Bertz CT molecular complexity index is 545. The predicted molar refractivity (Wildman–Crippen MR) is 73.9 cm³/mol. The Morgan fingerprint density at radius 2 is 2.00 bits per heavy atom. The van der Waals surface area contributed by atoms with Crippen LogP contribution >= 0.6 is 11.8 Å². The number of rotatable bonds is 6. The van der Waals surface area contributed by atoms with Crippen molar-refractivity contribution in [1.29, 1.82) is 0 Å². The quantitative estimate of drug-likeness (QED) is 0.648. The Hall–Kier alpha value is -2.01. The first-order chi connectivity index (χ1) is 9.27. The highest BCUT2D eigenvalue weighted by Crippen LogP contribution is 2.19. The number of nitrogens with zero attached hydrogens (tertiary/aromatic N) is 1. The summed E-state index contributed by atoms with van der Waals surface area (Å²) in [6, 6.07) is 12.3. The number of thioether (sulfide) groups is 1. The van der Waals surface area contributed by atoms with Gasteiger partial charge in [-0.3, -0.25) is 0 Å². The van der Waals surface area contributed by atoms with Crippen LogP contribution in [0.25, 0.3) is 0 Å². The van der Waals surface area contributed by atoms with Gasteiger partial charge in [0.05, 0.1) is 11.6 Å². The van der Waals surface area contributed by atoms with Crippen LogP contribution in [0.4, 0.5) is 0 Å². The van der Waals surface area contributed by atoms with Crippen molar-refractivity contribution >= 4 is 17.7 Å². The molecule has 0 unspecified atom stereocenters. The van der Waals surface area contributed by atoms with E-state index in [2.05, 4.69) is 4.98 Å². The molecule has 1 aromatic heterocycles. The lowest BCUT2D eigenvalue weighted by molar-refractivity contribution is 0.0692. The number of hydrogen-bond donors (Lipinski definition) is 1. The van der Waals surface area contributed by atoms with E-state index in [4.69, 9.17) is 9.84 Å². The zero-order valence-corrected chi connectivity index (χ0v) is 11.0. The molecule has 0 bridgehead atoms. The minimum Gasteiger partial charge on any atom is -0.492 e. The molecular formula is C14H13NO3S. The molecule has 0 amide bonds. The predicted octanol–water partition coefficient (Wildman–Crippen LogP) is 2.95. The SMILES string of the molecule is O=C(O)c1ccccc1OCCSc1ccccn1. The lowest BCUT2D eigenvalue weighted by Gasteiger charge is -2.08. The molecule has 1 N–H and O–H groups in total. The summed E-state index contributed by atoms with van der Waals surface area (Å²) >= 11 is 1.57. The highest BCUT2D eigenvalue weighted by Gasteiger charge is 2.09. The van der Waals surface area contributed by atoms with Crippen LogP contribution in [0.3, 0.4) is 0 Å². The van der Waals surface area contributed by atoms with Gasteiger partial charge in [-0.05, 0) is 24.3 Å². The highest BCUT2D eigenvalue weighted by molar-refractivity contribution is 7.99. The molecule has 98 valence electrons. The van der Waals surface area contributed by atoms with E-state index in [0.29, 0.717) is 18.1 Å². The standard InChI is InChI=1S/C14H13NO3S/c16-14(17)11-5-1-2-6-12(11)18-9-10-19-13-7-3-4-8-15-13/h1-8H,9-10H2,(H,16,17). The molecule has 1 aromatic carbocycles. The van der Waals surface area contributed by atoms with Gasteiger partial charge in [-0.2, -0.15) is 0 Å². The Labute approximate surface area is 115 Å². The van der Waals surface area contributed by atoms with E-state index in [1.165, 1.54) is 6.07 Å². The van der Waals surface area contributed by atoms with Gasteiger partial charge >= 0.3 is 5.97 Å². The van der Waals surface area contributed by atoms with E-state index in [0.717, 1.165) is 5.03 Å². The number of hydrogen-bond acceptors (Lipinski definition) is 4. The van der Waals surface area contributed by atoms with Crippen LogP contribution in [0.5, 0.6) is 5.75 Å². The molecule has 5 heteroatoms. The summed E-state index contributed by atoms with van der Waals surface area (Å²) in [6.07, 6.45) is 1.74. The second-order valence-electron chi connectivity index (χ2n) is 3.67. The summed E-state index contributed by atoms with van der Waals surface area (Å²) in [4.78, 5) is 15.2. The minimum absolute atomic E-state index is 0.185.